The van der Waals surface area contributed by atoms with E-state index in [4.69, 9.17) is 4.74 Å². The van der Waals surface area contributed by atoms with Crippen LogP contribution in [0.15, 0.2) is 6.20 Å². The largest absolute Gasteiger partial charge is 0.381 e. The molecule has 4 heteroatoms. The first-order valence-electron chi connectivity index (χ1n) is 7.07. The second kappa shape index (κ2) is 5.02. The van der Waals surface area contributed by atoms with Crippen LogP contribution in [0.2, 0.25) is 0 Å². The average molecular weight is 249 g/mol. The molecular formula is C14H23N3O. The van der Waals surface area contributed by atoms with Gasteiger partial charge in [0.25, 0.3) is 0 Å². The van der Waals surface area contributed by atoms with E-state index in [0.29, 0.717) is 18.2 Å². The molecule has 0 aromatic carbocycles. The minimum atomic E-state index is 0.458. The maximum absolute atomic E-state index is 5.45. The standard InChI is InChI=1S/C14H23N3O/c1-17-14-5-3-4-13(12(14)9-15-17)16-10-6-7-11(8-10)18-2/h9-11,13,16H,3-8H2,1-2H3. The normalized spacial score (nSPS) is 31.6. The number of ether oxygens (including phenoxy) is 1. The number of hydrogen-bond acceptors (Lipinski definition) is 3. The molecule has 1 saturated carbocycles. The molecule has 0 radical (unpaired) electrons. The van der Waals surface area contributed by atoms with Crippen molar-refractivity contribution in [3.63, 3.8) is 0 Å². The molecule has 0 bridgehead atoms. The van der Waals surface area contributed by atoms with E-state index < -0.39 is 0 Å². The highest BCUT2D eigenvalue weighted by atomic mass is 16.5. The maximum atomic E-state index is 5.45. The van der Waals surface area contributed by atoms with Crippen LogP contribution in [-0.2, 0) is 18.2 Å². The van der Waals surface area contributed by atoms with Crippen LogP contribution in [0.1, 0.15) is 49.4 Å². The summed E-state index contributed by atoms with van der Waals surface area (Å²) in [5.74, 6) is 0. The molecule has 1 N–H and O–H groups in total. The Hall–Kier alpha value is -0.870. The van der Waals surface area contributed by atoms with Gasteiger partial charge in [-0.3, -0.25) is 4.68 Å². The fourth-order valence-electron chi connectivity index (χ4n) is 3.47. The number of fused-ring (bicyclic) bond motifs is 1. The van der Waals surface area contributed by atoms with Crippen molar-refractivity contribution in [1.82, 2.24) is 15.1 Å². The quantitative estimate of drug-likeness (QED) is 0.890. The third-order valence-corrected chi connectivity index (χ3v) is 4.53. The lowest BCUT2D eigenvalue weighted by Crippen LogP contribution is -2.33. The summed E-state index contributed by atoms with van der Waals surface area (Å²) in [6.45, 7) is 0. The summed E-state index contributed by atoms with van der Waals surface area (Å²) in [7, 11) is 3.88. The number of methoxy groups -OCH3 is 1. The second-order valence-corrected chi connectivity index (χ2v) is 5.65. The Labute approximate surface area is 109 Å². The predicted molar refractivity (Wildman–Crippen MR) is 70.5 cm³/mol. The number of nitrogens with zero attached hydrogens (tertiary/aromatic N) is 2. The van der Waals surface area contributed by atoms with E-state index in [1.165, 1.54) is 43.4 Å². The fourth-order valence-corrected chi connectivity index (χ4v) is 3.47. The van der Waals surface area contributed by atoms with Crippen molar-refractivity contribution in [2.75, 3.05) is 7.11 Å². The molecule has 0 aliphatic heterocycles. The van der Waals surface area contributed by atoms with Crippen molar-refractivity contribution in [3.8, 4) is 0 Å². The van der Waals surface area contributed by atoms with Gasteiger partial charge in [-0.15, -0.1) is 0 Å². The van der Waals surface area contributed by atoms with Crippen molar-refractivity contribution in [1.29, 1.82) is 0 Å². The van der Waals surface area contributed by atoms with Gasteiger partial charge in [-0.1, -0.05) is 0 Å². The molecule has 3 atom stereocenters. The second-order valence-electron chi connectivity index (χ2n) is 5.65. The maximum Gasteiger partial charge on any atom is 0.0586 e. The van der Waals surface area contributed by atoms with Crippen molar-refractivity contribution in [2.24, 2.45) is 7.05 Å². The van der Waals surface area contributed by atoms with Gasteiger partial charge in [0.15, 0.2) is 0 Å². The minimum Gasteiger partial charge on any atom is -0.381 e. The van der Waals surface area contributed by atoms with Crippen LogP contribution < -0.4 is 5.32 Å². The van der Waals surface area contributed by atoms with Crippen molar-refractivity contribution in [2.45, 2.75) is 56.7 Å². The van der Waals surface area contributed by atoms with Gasteiger partial charge in [0.1, 0.15) is 0 Å². The Morgan fingerprint density at radius 1 is 1.39 bits per heavy atom. The van der Waals surface area contributed by atoms with Gasteiger partial charge in [0, 0.05) is 37.5 Å². The molecule has 0 saturated heterocycles. The molecule has 1 fully saturated rings. The zero-order valence-electron chi connectivity index (χ0n) is 11.4. The van der Waals surface area contributed by atoms with Crippen LogP contribution in [-0.4, -0.2) is 29.0 Å². The summed E-state index contributed by atoms with van der Waals surface area (Å²) < 4.78 is 7.49. The average Bonchev–Trinajstić information content (AvgIpc) is 2.98. The first-order chi connectivity index (χ1) is 8.78. The molecule has 1 heterocycles. The molecule has 0 amide bonds. The van der Waals surface area contributed by atoms with E-state index in [0.717, 1.165) is 6.42 Å². The Kier molecular flexibility index (Phi) is 3.39. The molecule has 4 nitrogen and oxygen atoms in total. The van der Waals surface area contributed by atoms with E-state index >= 15 is 0 Å². The molecule has 18 heavy (non-hydrogen) atoms. The summed E-state index contributed by atoms with van der Waals surface area (Å²) >= 11 is 0. The molecule has 1 aromatic rings. The predicted octanol–water partition coefficient (Wildman–Crippen LogP) is 1.95. The number of nitrogens with one attached hydrogen (secondary N) is 1. The fraction of sp³-hybridized carbons (Fsp3) is 0.786. The lowest BCUT2D eigenvalue weighted by Gasteiger charge is -2.27. The van der Waals surface area contributed by atoms with Crippen molar-refractivity contribution < 1.29 is 4.74 Å². The van der Waals surface area contributed by atoms with Crippen molar-refractivity contribution >= 4 is 0 Å². The zero-order chi connectivity index (χ0) is 12.5. The van der Waals surface area contributed by atoms with Crippen LogP contribution >= 0.6 is 0 Å². The number of hydrogen-bond donors (Lipinski definition) is 1. The molecule has 2 aliphatic carbocycles. The summed E-state index contributed by atoms with van der Waals surface area (Å²) in [4.78, 5) is 0. The SMILES string of the molecule is COC1CCC(NC2CCCc3c2cnn3C)C1. The smallest absolute Gasteiger partial charge is 0.0586 e. The van der Waals surface area contributed by atoms with Crippen LogP contribution in [0.4, 0.5) is 0 Å². The number of aryl methyl sites for hydroxylation is 1. The first-order valence-corrected chi connectivity index (χ1v) is 7.07. The first kappa shape index (κ1) is 12.2. The summed E-state index contributed by atoms with van der Waals surface area (Å²) in [6.07, 6.45) is 9.79. The summed E-state index contributed by atoms with van der Waals surface area (Å²) in [5.41, 5.74) is 2.84. The van der Waals surface area contributed by atoms with E-state index in [1.54, 1.807) is 0 Å². The van der Waals surface area contributed by atoms with Gasteiger partial charge in [-0.05, 0) is 38.5 Å². The Balaban J connectivity index is 1.67. The lowest BCUT2D eigenvalue weighted by molar-refractivity contribution is 0.106. The van der Waals surface area contributed by atoms with Gasteiger partial charge < -0.3 is 10.1 Å². The Bertz CT molecular complexity index is 415. The topological polar surface area (TPSA) is 39.1 Å². The molecule has 100 valence electrons. The number of aromatic nitrogens is 2. The monoisotopic (exact) mass is 249 g/mol. The van der Waals surface area contributed by atoms with E-state index in [1.807, 2.05) is 11.8 Å². The van der Waals surface area contributed by atoms with Gasteiger partial charge in [0.2, 0.25) is 0 Å². The third kappa shape index (κ3) is 2.19. The highest BCUT2D eigenvalue weighted by Crippen LogP contribution is 2.32. The van der Waals surface area contributed by atoms with Crippen molar-refractivity contribution in [3.05, 3.63) is 17.5 Å². The molecule has 1 aromatic heterocycles. The Morgan fingerprint density at radius 2 is 2.28 bits per heavy atom. The Morgan fingerprint density at radius 3 is 3.06 bits per heavy atom. The van der Waals surface area contributed by atoms with Crippen LogP contribution in [0.3, 0.4) is 0 Å². The molecule has 3 rings (SSSR count). The van der Waals surface area contributed by atoms with Gasteiger partial charge in [-0.2, -0.15) is 5.10 Å². The van der Waals surface area contributed by atoms with E-state index in [9.17, 15) is 0 Å². The van der Waals surface area contributed by atoms with Crippen LogP contribution in [0.5, 0.6) is 0 Å². The van der Waals surface area contributed by atoms with Crippen LogP contribution in [0.25, 0.3) is 0 Å². The third-order valence-electron chi connectivity index (χ3n) is 4.53. The van der Waals surface area contributed by atoms with E-state index in [-0.39, 0.29) is 0 Å². The highest BCUT2D eigenvalue weighted by Gasteiger charge is 2.29. The zero-order valence-corrected chi connectivity index (χ0v) is 11.4. The highest BCUT2D eigenvalue weighted by molar-refractivity contribution is 5.24. The minimum absolute atomic E-state index is 0.458. The van der Waals surface area contributed by atoms with Gasteiger partial charge in [0.05, 0.1) is 12.3 Å². The van der Waals surface area contributed by atoms with E-state index in [2.05, 4.69) is 23.7 Å². The summed E-state index contributed by atoms with van der Waals surface area (Å²) in [5, 5.41) is 8.22. The lowest BCUT2D eigenvalue weighted by atomic mass is 9.92. The number of rotatable bonds is 3. The molecule has 2 aliphatic rings. The van der Waals surface area contributed by atoms with Gasteiger partial charge >= 0.3 is 0 Å². The summed E-state index contributed by atoms with van der Waals surface area (Å²) in [6, 6.07) is 1.12. The van der Waals surface area contributed by atoms with Crippen LogP contribution in [0, 0.1) is 0 Å². The molecule has 3 unspecified atom stereocenters. The molecular weight excluding hydrogens is 226 g/mol. The van der Waals surface area contributed by atoms with Gasteiger partial charge in [-0.25, -0.2) is 0 Å². The molecule has 0 spiro atoms.